The first-order valence-electron chi connectivity index (χ1n) is 5.55. The fourth-order valence-electron chi connectivity index (χ4n) is 1.98. The van der Waals surface area contributed by atoms with E-state index in [0.717, 1.165) is 12.8 Å². The van der Waals surface area contributed by atoms with Gasteiger partial charge in [0.2, 0.25) is 10.0 Å². The lowest BCUT2D eigenvalue weighted by molar-refractivity contribution is 0.0182. The summed E-state index contributed by atoms with van der Waals surface area (Å²) in [6.45, 7) is 0.852. The fraction of sp³-hybridized carbons (Fsp3) is 0.455. The molecule has 0 aromatic heterocycles. The molecule has 1 aliphatic heterocycles. The third-order valence-corrected chi connectivity index (χ3v) is 4.79. The number of nitrogens with two attached hydrogens (primary N) is 1. The Kier molecular flexibility index (Phi) is 3.78. The molecule has 1 atom stereocenters. The largest absolute Gasteiger partial charge is 0.300 e. The molecule has 1 unspecified atom stereocenters. The molecule has 2 rings (SSSR count). The predicted octanol–water partition coefficient (Wildman–Crippen LogP) is 0.730. The van der Waals surface area contributed by atoms with Crippen molar-refractivity contribution in [3.05, 3.63) is 30.3 Å². The highest BCUT2D eigenvalue weighted by atomic mass is 32.2. The van der Waals surface area contributed by atoms with Gasteiger partial charge < -0.3 is 0 Å². The Hall–Kier alpha value is -0.950. The third kappa shape index (κ3) is 2.66. The molecule has 0 saturated carbocycles. The van der Waals surface area contributed by atoms with E-state index in [-0.39, 0.29) is 6.10 Å². The molecule has 1 fully saturated rings. The van der Waals surface area contributed by atoms with Gasteiger partial charge in [-0.3, -0.25) is 4.84 Å². The number of hydrogen-bond acceptors (Lipinski definition) is 4. The summed E-state index contributed by atoms with van der Waals surface area (Å²) in [6, 6.07) is 8.42. The van der Waals surface area contributed by atoms with Gasteiger partial charge in [-0.1, -0.05) is 18.2 Å². The van der Waals surface area contributed by atoms with Crippen molar-refractivity contribution >= 4 is 10.0 Å². The predicted molar refractivity (Wildman–Crippen MR) is 63.5 cm³/mol. The summed E-state index contributed by atoms with van der Waals surface area (Å²) in [6.07, 6.45) is 1.37. The molecule has 1 saturated heterocycles. The minimum Gasteiger partial charge on any atom is -0.300 e. The minimum atomic E-state index is -3.41. The summed E-state index contributed by atoms with van der Waals surface area (Å²) in [5.41, 5.74) is 0. The summed E-state index contributed by atoms with van der Waals surface area (Å²) in [5, 5.41) is 0. The zero-order valence-electron chi connectivity index (χ0n) is 9.45. The molecule has 1 aromatic rings. The molecule has 17 heavy (non-hydrogen) atoms. The van der Waals surface area contributed by atoms with E-state index in [4.69, 9.17) is 10.7 Å². The zero-order valence-corrected chi connectivity index (χ0v) is 10.3. The molecule has 0 amide bonds. The van der Waals surface area contributed by atoms with Crippen LogP contribution in [0.2, 0.25) is 0 Å². The molecule has 1 aromatic carbocycles. The van der Waals surface area contributed by atoms with Gasteiger partial charge in [0.15, 0.2) is 0 Å². The van der Waals surface area contributed by atoms with Crippen molar-refractivity contribution < 1.29 is 13.3 Å². The van der Waals surface area contributed by atoms with Crippen LogP contribution in [-0.4, -0.2) is 31.9 Å². The molecule has 1 aliphatic rings. The normalized spacial score (nSPS) is 22.5. The molecular weight excluding hydrogens is 240 g/mol. The van der Waals surface area contributed by atoms with E-state index in [1.54, 1.807) is 30.3 Å². The Morgan fingerprint density at radius 2 is 2.00 bits per heavy atom. The Morgan fingerprint density at radius 3 is 2.65 bits per heavy atom. The summed E-state index contributed by atoms with van der Waals surface area (Å²) < 4.78 is 26.0. The van der Waals surface area contributed by atoms with Gasteiger partial charge in [-0.05, 0) is 25.0 Å². The van der Waals surface area contributed by atoms with E-state index in [1.807, 2.05) is 0 Å². The highest BCUT2D eigenvalue weighted by Gasteiger charge is 2.30. The van der Waals surface area contributed by atoms with Crippen LogP contribution in [0.15, 0.2) is 35.2 Å². The van der Waals surface area contributed by atoms with Crippen molar-refractivity contribution in [3.63, 3.8) is 0 Å². The first kappa shape index (κ1) is 12.5. The van der Waals surface area contributed by atoms with Crippen LogP contribution in [0.25, 0.3) is 0 Å². The lowest BCUT2D eigenvalue weighted by atomic mass is 10.1. The van der Waals surface area contributed by atoms with Gasteiger partial charge in [0.1, 0.15) is 0 Å². The molecule has 0 radical (unpaired) electrons. The SMILES string of the molecule is NOC1CCCN(S(=O)(=O)c2ccccc2)C1. The molecule has 0 aliphatic carbocycles. The second-order valence-corrected chi connectivity index (χ2v) is 6.01. The molecule has 1 heterocycles. The Morgan fingerprint density at radius 1 is 1.29 bits per heavy atom. The van der Waals surface area contributed by atoms with Crippen LogP contribution in [0.4, 0.5) is 0 Å². The van der Waals surface area contributed by atoms with Gasteiger partial charge in [-0.2, -0.15) is 4.31 Å². The van der Waals surface area contributed by atoms with Gasteiger partial charge in [0.25, 0.3) is 0 Å². The van der Waals surface area contributed by atoms with Crippen LogP contribution in [0.5, 0.6) is 0 Å². The lowest BCUT2D eigenvalue weighted by Crippen LogP contribution is -2.43. The second-order valence-electron chi connectivity index (χ2n) is 4.08. The topological polar surface area (TPSA) is 72.6 Å². The molecule has 0 bridgehead atoms. The summed E-state index contributed by atoms with van der Waals surface area (Å²) in [4.78, 5) is 5.06. The molecular formula is C11H16N2O3S. The summed E-state index contributed by atoms with van der Waals surface area (Å²) >= 11 is 0. The van der Waals surface area contributed by atoms with Gasteiger partial charge in [0, 0.05) is 13.1 Å². The summed E-state index contributed by atoms with van der Waals surface area (Å²) in [5.74, 6) is 5.13. The monoisotopic (exact) mass is 256 g/mol. The number of benzene rings is 1. The quantitative estimate of drug-likeness (QED) is 0.809. The van der Waals surface area contributed by atoms with Gasteiger partial charge in [0.05, 0.1) is 11.0 Å². The molecule has 5 nitrogen and oxygen atoms in total. The van der Waals surface area contributed by atoms with E-state index < -0.39 is 10.0 Å². The maximum atomic E-state index is 12.3. The zero-order chi connectivity index (χ0) is 12.3. The standard InChI is InChI=1S/C11H16N2O3S/c12-16-10-5-4-8-13(9-10)17(14,15)11-6-2-1-3-7-11/h1-3,6-7,10H,4-5,8-9,12H2. The number of hydrogen-bond donors (Lipinski definition) is 1. The van der Waals surface area contributed by atoms with Crippen LogP contribution in [0, 0.1) is 0 Å². The highest BCUT2D eigenvalue weighted by molar-refractivity contribution is 7.89. The van der Waals surface area contributed by atoms with Crippen molar-refractivity contribution in [2.75, 3.05) is 13.1 Å². The van der Waals surface area contributed by atoms with Crippen LogP contribution in [-0.2, 0) is 14.9 Å². The van der Waals surface area contributed by atoms with E-state index in [2.05, 4.69) is 0 Å². The first-order valence-corrected chi connectivity index (χ1v) is 6.99. The van der Waals surface area contributed by atoms with Gasteiger partial charge in [-0.15, -0.1) is 0 Å². The maximum absolute atomic E-state index is 12.3. The Balaban J connectivity index is 2.21. The Bertz CT molecular complexity index is 461. The van der Waals surface area contributed by atoms with Gasteiger partial charge in [-0.25, -0.2) is 14.3 Å². The highest BCUT2D eigenvalue weighted by Crippen LogP contribution is 2.21. The first-order chi connectivity index (χ1) is 8.14. The van der Waals surface area contributed by atoms with E-state index in [0.29, 0.717) is 18.0 Å². The van der Waals surface area contributed by atoms with E-state index >= 15 is 0 Å². The number of piperidine rings is 1. The second kappa shape index (κ2) is 5.14. The number of nitrogens with zero attached hydrogens (tertiary/aromatic N) is 1. The lowest BCUT2D eigenvalue weighted by Gasteiger charge is -2.30. The van der Waals surface area contributed by atoms with Crippen LogP contribution >= 0.6 is 0 Å². The van der Waals surface area contributed by atoms with Crippen molar-refractivity contribution in [2.24, 2.45) is 5.90 Å². The van der Waals surface area contributed by atoms with Crippen molar-refractivity contribution in [1.29, 1.82) is 0 Å². The van der Waals surface area contributed by atoms with Crippen LogP contribution in [0.3, 0.4) is 0 Å². The van der Waals surface area contributed by atoms with E-state index in [9.17, 15) is 8.42 Å². The average molecular weight is 256 g/mol. The Labute approximate surface area is 101 Å². The van der Waals surface area contributed by atoms with E-state index in [1.165, 1.54) is 4.31 Å². The summed E-state index contributed by atoms with van der Waals surface area (Å²) in [7, 11) is -3.41. The molecule has 94 valence electrons. The van der Waals surface area contributed by atoms with Crippen LogP contribution in [0.1, 0.15) is 12.8 Å². The smallest absolute Gasteiger partial charge is 0.243 e. The van der Waals surface area contributed by atoms with Crippen molar-refractivity contribution in [1.82, 2.24) is 4.31 Å². The molecule has 2 N–H and O–H groups in total. The minimum absolute atomic E-state index is 0.206. The average Bonchev–Trinajstić information content (AvgIpc) is 2.40. The van der Waals surface area contributed by atoms with Crippen LogP contribution < -0.4 is 5.90 Å². The van der Waals surface area contributed by atoms with Crippen molar-refractivity contribution in [2.45, 2.75) is 23.8 Å². The van der Waals surface area contributed by atoms with Crippen molar-refractivity contribution in [3.8, 4) is 0 Å². The number of sulfonamides is 1. The fourth-order valence-corrected chi connectivity index (χ4v) is 3.51. The molecule has 0 spiro atoms. The third-order valence-electron chi connectivity index (χ3n) is 2.91. The van der Waals surface area contributed by atoms with Gasteiger partial charge >= 0.3 is 0 Å². The molecule has 6 heteroatoms. The maximum Gasteiger partial charge on any atom is 0.243 e. The number of rotatable bonds is 3.